The van der Waals surface area contributed by atoms with Gasteiger partial charge in [0.15, 0.2) is 0 Å². The van der Waals surface area contributed by atoms with Crippen LogP contribution in [0.2, 0.25) is 0 Å². The van der Waals surface area contributed by atoms with Crippen molar-refractivity contribution in [3.8, 4) is 5.75 Å². The Labute approximate surface area is 117 Å². The summed E-state index contributed by atoms with van der Waals surface area (Å²) < 4.78 is 5.32. The molecule has 5 heteroatoms. The first kappa shape index (κ1) is 15.6. The second kappa shape index (κ2) is 7.84. The van der Waals surface area contributed by atoms with Crippen molar-refractivity contribution >= 4 is 29.1 Å². The van der Waals surface area contributed by atoms with Gasteiger partial charge < -0.3 is 10.1 Å². The van der Waals surface area contributed by atoms with Crippen LogP contribution >= 0.6 is 11.8 Å². The Hall–Kier alpha value is -1.49. The van der Waals surface area contributed by atoms with Crippen molar-refractivity contribution in [3.63, 3.8) is 0 Å². The van der Waals surface area contributed by atoms with Gasteiger partial charge in [-0.25, -0.2) is 0 Å². The van der Waals surface area contributed by atoms with Crippen LogP contribution in [0.1, 0.15) is 20.8 Å². The number of nitrogens with one attached hydrogen (secondary N) is 1. The van der Waals surface area contributed by atoms with E-state index in [2.05, 4.69) is 5.32 Å². The number of ketones is 1. The molecular formula is C14H19NO3S. The Kier molecular flexibility index (Phi) is 6.42. The van der Waals surface area contributed by atoms with E-state index in [9.17, 15) is 9.59 Å². The maximum Gasteiger partial charge on any atom is 0.234 e. The number of rotatable bonds is 7. The number of benzene rings is 1. The second-order valence-corrected chi connectivity index (χ2v) is 5.40. The summed E-state index contributed by atoms with van der Waals surface area (Å²) in [5, 5.41) is 2.63. The van der Waals surface area contributed by atoms with Crippen LogP contribution in [0.25, 0.3) is 0 Å². The lowest BCUT2D eigenvalue weighted by atomic mass is 10.3. The molecule has 0 bridgehead atoms. The Balaban J connectivity index is 2.41. The molecule has 1 atom stereocenters. The van der Waals surface area contributed by atoms with Crippen LogP contribution in [0.3, 0.4) is 0 Å². The molecule has 0 saturated heterocycles. The minimum absolute atomic E-state index is 0.0823. The van der Waals surface area contributed by atoms with Gasteiger partial charge in [0.25, 0.3) is 0 Å². The Bertz CT molecular complexity index is 431. The molecule has 0 aliphatic rings. The molecule has 1 aromatic carbocycles. The normalized spacial score (nSPS) is 11.7. The highest BCUT2D eigenvalue weighted by atomic mass is 32.2. The molecule has 0 spiro atoms. The van der Waals surface area contributed by atoms with E-state index in [0.717, 1.165) is 11.4 Å². The minimum Gasteiger partial charge on any atom is -0.494 e. The zero-order chi connectivity index (χ0) is 14.3. The van der Waals surface area contributed by atoms with Crippen LogP contribution in [0.5, 0.6) is 5.75 Å². The monoisotopic (exact) mass is 281 g/mol. The van der Waals surface area contributed by atoms with E-state index in [-0.39, 0.29) is 22.7 Å². The van der Waals surface area contributed by atoms with E-state index in [1.165, 1.54) is 18.7 Å². The molecule has 19 heavy (non-hydrogen) atoms. The molecule has 0 aliphatic heterocycles. The Morgan fingerprint density at radius 2 is 1.95 bits per heavy atom. The standard InChI is InChI=1S/C14H19NO3S/c1-4-18-13-7-5-12(6-8-13)15-14(17)9-19-11(3)10(2)16/h5-8,11H,4,9H2,1-3H3,(H,15,17)/t11-/m1/s1. The van der Waals surface area contributed by atoms with Crippen molar-refractivity contribution in [2.45, 2.75) is 26.0 Å². The smallest absolute Gasteiger partial charge is 0.234 e. The quantitative estimate of drug-likeness (QED) is 0.835. The molecule has 1 aromatic rings. The average molecular weight is 281 g/mol. The predicted molar refractivity (Wildman–Crippen MR) is 78.8 cm³/mol. The van der Waals surface area contributed by atoms with E-state index in [4.69, 9.17) is 4.74 Å². The molecular weight excluding hydrogens is 262 g/mol. The number of carbonyl (C=O) groups is 2. The van der Waals surface area contributed by atoms with Crippen molar-refractivity contribution in [2.24, 2.45) is 0 Å². The molecule has 0 aliphatic carbocycles. The van der Waals surface area contributed by atoms with E-state index in [0.29, 0.717) is 6.61 Å². The summed E-state index contributed by atoms with van der Waals surface area (Å²) in [5.41, 5.74) is 0.726. The van der Waals surface area contributed by atoms with Crippen LogP contribution < -0.4 is 10.1 Å². The van der Waals surface area contributed by atoms with Crippen molar-refractivity contribution in [3.05, 3.63) is 24.3 Å². The fourth-order valence-electron chi connectivity index (χ4n) is 1.32. The number of hydrogen-bond acceptors (Lipinski definition) is 4. The summed E-state index contributed by atoms with van der Waals surface area (Å²) in [4.78, 5) is 22.7. The highest BCUT2D eigenvalue weighted by molar-refractivity contribution is 8.01. The van der Waals surface area contributed by atoms with Gasteiger partial charge in [-0.05, 0) is 45.0 Å². The maximum atomic E-state index is 11.7. The van der Waals surface area contributed by atoms with Crippen LogP contribution in [-0.4, -0.2) is 29.3 Å². The van der Waals surface area contributed by atoms with E-state index in [1.807, 2.05) is 19.1 Å². The van der Waals surface area contributed by atoms with Gasteiger partial charge in [-0.1, -0.05) is 0 Å². The van der Waals surface area contributed by atoms with Crippen LogP contribution in [0, 0.1) is 0 Å². The van der Waals surface area contributed by atoms with Crippen molar-refractivity contribution in [1.29, 1.82) is 0 Å². The number of Topliss-reactive ketones (excluding diaryl/α,β-unsaturated/α-hetero) is 1. The fourth-order valence-corrected chi connectivity index (χ4v) is 2.02. The first-order valence-electron chi connectivity index (χ1n) is 6.17. The summed E-state index contributed by atoms with van der Waals surface area (Å²) in [6, 6.07) is 7.21. The third-order valence-corrected chi connectivity index (χ3v) is 3.75. The molecule has 0 radical (unpaired) electrons. The van der Waals surface area contributed by atoms with Gasteiger partial charge in [-0.2, -0.15) is 0 Å². The lowest BCUT2D eigenvalue weighted by molar-refractivity contribution is -0.116. The minimum atomic E-state index is -0.147. The van der Waals surface area contributed by atoms with Gasteiger partial charge in [-0.15, -0.1) is 11.8 Å². The van der Waals surface area contributed by atoms with Gasteiger partial charge in [0.2, 0.25) is 5.91 Å². The zero-order valence-electron chi connectivity index (χ0n) is 11.4. The average Bonchev–Trinajstić information content (AvgIpc) is 2.38. The third kappa shape index (κ3) is 5.79. The number of carbonyl (C=O) groups excluding carboxylic acids is 2. The molecule has 1 N–H and O–H groups in total. The molecule has 4 nitrogen and oxygen atoms in total. The van der Waals surface area contributed by atoms with Crippen molar-refractivity contribution < 1.29 is 14.3 Å². The largest absolute Gasteiger partial charge is 0.494 e. The molecule has 0 fully saturated rings. The van der Waals surface area contributed by atoms with Crippen molar-refractivity contribution in [1.82, 2.24) is 0 Å². The number of thioether (sulfide) groups is 1. The lowest BCUT2D eigenvalue weighted by Gasteiger charge is -2.09. The third-order valence-electron chi connectivity index (χ3n) is 2.49. The fraction of sp³-hybridized carbons (Fsp3) is 0.429. The number of hydrogen-bond donors (Lipinski definition) is 1. The Morgan fingerprint density at radius 1 is 1.32 bits per heavy atom. The van der Waals surface area contributed by atoms with E-state index < -0.39 is 0 Å². The number of amides is 1. The molecule has 0 heterocycles. The summed E-state index contributed by atoms with van der Waals surface area (Å²) in [7, 11) is 0. The van der Waals surface area contributed by atoms with Crippen LogP contribution in [-0.2, 0) is 9.59 Å². The van der Waals surface area contributed by atoms with Crippen molar-refractivity contribution in [2.75, 3.05) is 17.7 Å². The van der Waals surface area contributed by atoms with Gasteiger partial charge in [0.1, 0.15) is 11.5 Å². The van der Waals surface area contributed by atoms with E-state index in [1.54, 1.807) is 19.1 Å². The van der Waals surface area contributed by atoms with Gasteiger partial charge in [0, 0.05) is 5.69 Å². The molecule has 0 unspecified atom stereocenters. The van der Waals surface area contributed by atoms with Crippen LogP contribution in [0.4, 0.5) is 5.69 Å². The zero-order valence-corrected chi connectivity index (χ0v) is 12.3. The molecule has 1 rings (SSSR count). The predicted octanol–water partition coefficient (Wildman–Crippen LogP) is 2.73. The number of anilines is 1. The first-order chi connectivity index (χ1) is 9.02. The summed E-state index contributed by atoms with van der Waals surface area (Å²) in [6.45, 7) is 5.87. The highest BCUT2D eigenvalue weighted by Crippen LogP contribution is 2.16. The molecule has 104 valence electrons. The SMILES string of the molecule is CCOc1ccc(NC(=O)CS[C@H](C)C(C)=O)cc1. The molecule has 0 saturated carbocycles. The van der Waals surface area contributed by atoms with E-state index >= 15 is 0 Å². The first-order valence-corrected chi connectivity index (χ1v) is 7.22. The highest BCUT2D eigenvalue weighted by Gasteiger charge is 2.11. The maximum absolute atomic E-state index is 11.7. The topological polar surface area (TPSA) is 55.4 Å². The second-order valence-electron chi connectivity index (χ2n) is 4.07. The summed E-state index contributed by atoms with van der Waals surface area (Å²) >= 11 is 1.34. The van der Waals surface area contributed by atoms with Gasteiger partial charge in [0.05, 0.1) is 17.6 Å². The summed E-state index contributed by atoms with van der Waals surface area (Å²) in [5.74, 6) is 1.02. The summed E-state index contributed by atoms with van der Waals surface area (Å²) in [6.07, 6.45) is 0. The molecule has 1 amide bonds. The van der Waals surface area contributed by atoms with Crippen LogP contribution in [0.15, 0.2) is 24.3 Å². The Morgan fingerprint density at radius 3 is 2.47 bits per heavy atom. The number of ether oxygens (including phenoxy) is 1. The molecule has 0 aromatic heterocycles. The lowest BCUT2D eigenvalue weighted by Crippen LogP contribution is -2.18. The van der Waals surface area contributed by atoms with Gasteiger partial charge in [-0.3, -0.25) is 9.59 Å². The van der Waals surface area contributed by atoms with Gasteiger partial charge >= 0.3 is 0 Å².